The number of hydrogen-bond acceptors (Lipinski definition) is 4. The lowest BCUT2D eigenvalue weighted by atomic mass is 10.2. The van der Waals surface area contributed by atoms with Gasteiger partial charge in [-0.05, 0) is 38.1 Å². The zero-order chi connectivity index (χ0) is 17.8. The second-order valence-corrected chi connectivity index (χ2v) is 5.84. The van der Waals surface area contributed by atoms with Crippen LogP contribution in [-0.2, 0) is 0 Å². The summed E-state index contributed by atoms with van der Waals surface area (Å²) in [5, 5.41) is 8.84. The fourth-order valence-corrected chi connectivity index (χ4v) is 2.55. The summed E-state index contributed by atoms with van der Waals surface area (Å²) in [4.78, 5) is 15.8. The molecule has 0 aliphatic rings. The highest BCUT2D eigenvalue weighted by Crippen LogP contribution is 2.22. The Hall–Kier alpha value is -2.99. The SMILES string of the molecule is Cc1ccc(-n2nc(C)c(/C=N/NC(=O)c3cccnc3)c2Cl)cc1. The molecule has 0 aliphatic carbocycles. The van der Waals surface area contributed by atoms with E-state index in [0.717, 1.165) is 11.3 Å². The van der Waals surface area contributed by atoms with Crippen molar-refractivity contribution >= 4 is 23.7 Å². The van der Waals surface area contributed by atoms with Crippen molar-refractivity contribution in [2.24, 2.45) is 5.10 Å². The van der Waals surface area contributed by atoms with Gasteiger partial charge in [-0.2, -0.15) is 10.2 Å². The van der Waals surface area contributed by atoms with Gasteiger partial charge in [0.05, 0.1) is 28.7 Å². The third-order valence-electron chi connectivity index (χ3n) is 3.61. The van der Waals surface area contributed by atoms with Crippen LogP contribution in [0, 0.1) is 13.8 Å². The highest BCUT2D eigenvalue weighted by Gasteiger charge is 2.13. The number of nitrogens with one attached hydrogen (secondary N) is 1. The van der Waals surface area contributed by atoms with E-state index in [-0.39, 0.29) is 5.91 Å². The maximum atomic E-state index is 11.9. The molecule has 1 amide bonds. The second-order valence-electron chi connectivity index (χ2n) is 5.48. The molecule has 3 rings (SSSR count). The maximum absolute atomic E-state index is 11.9. The predicted octanol–water partition coefficient (Wildman–Crippen LogP) is 3.30. The van der Waals surface area contributed by atoms with Crippen LogP contribution in [0.5, 0.6) is 0 Å². The van der Waals surface area contributed by atoms with Crippen molar-refractivity contribution in [3.05, 3.63) is 76.3 Å². The zero-order valence-corrected chi connectivity index (χ0v) is 14.5. The molecule has 3 aromatic rings. The Bertz CT molecular complexity index is 917. The fraction of sp³-hybridized carbons (Fsp3) is 0.111. The first-order valence-electron chi connectivity index (χ1n) is 7.62. The molecule has 6 nitrogen and oxygen atoms in total. The van der Waals surface area contributed by atoms with Crippen molar-refractivity contribution in [2.75, 3.05) is 0 Å². The second kappa shape index (κ2) is 7.27. The quantitative estimate of drug-likeness (QED) is 0.577. The molecule has 0 saturated carbocycles. The summed E-state index contributed by atoms with van der Waals surface area (Å²) in [5.74, 6) is -0.343. The molecule has 1 N–H and O–H groups in total. The Kier molecular flexibility index (Phi) is 4.90. The Morgan fingerprint density at radius 3 is 2.68 bits per heavy atom. The summed E-state index contributed by atoms with van der Waals surface area (Å²) in [6.07, 6.45) is 4.56. The van der Waals surface area contributed by atoms with Gasteiger partial charge in [0.2, 0.25) is 0 Å². The normalized spacial score (nSPS) is 11.0. The number of rotatable bonds is 4. The van der Waals surface area contributed by atoms with Crippen LogP contribution in [-0.4, -0.2) is 26.9 Å². The molecule has 0 fully saturated rings. The molecule has 1 aromatic carbocycles. The summed E-state index contributed by atoms with van der Waals surface area (Å²) in [6.45, 7) is 3.85. The molecule has 0 radical (unpaired) electrons. The molecule has 0 unspecified atom stereocenters. The summed E-state index contributed by atoms with van der Waals surface area (Å²) in [6, 6.07) is 11.2. The smallest absolute Gasteiger partial charge is 0.267 e. The number of carbonyl (C=O) groups excluding carboxylic acids is 1. The minimum absolute atomic E-state index is 0.343. The number of benzene rings is 1. The van der Waals surface area contributed by atoms with Crippen molar-refractivity contribution in [2.45, 2.75) is 13.8 Å². The molecule has 7 heteroatoms. The Morgan fingerprint density at radius 2 is 2.00 bits per heavy atom. The van der Waals surface area contributed by atoms with Gasteiger partial charge in [0.1, 0.15) is 5.15 Å². The number of halogens is 1. The third kappa shape index (κ3) is 3.75. The van der Waals surface area contributed by atoms with E-state index in [1.807, 2.05) is 38.1 Å². The molecular weight excluding hydrogens is 338 g/mol. The lowest BCUT2D eigenvalue weighted by Crippen LogP contribution is -2.17. The summed E-state index contributed by atoms with van der Waals surface area (Å²) in [5.41, 5.74) is 6.26. The van der Waals surface area contributed by atoms with E-state index in [4.69, 9.17) is 11.6 Å². The van der Waals surface area contributed by atoms with Gasteiger partial charge < -0.3 is 0 Å². The van der Waals surface area contributed by atoms with Crippen molar-refractivity contribution in [3.63, 3.8) is 0 Å². The Balaban J connectivity index is 1.79. The Labute approximate surface area is 150 Å². The van der Waals surface area contributed by atoms with E-state index in [0.29, 0.717) is 22.0 Å². The number of hydrazone groups is 1. The highest BCUT2D eigenvalue weighted by atomic mass is 35.5. The van der Waals surface area contributed by atoms with Crippen molar-refractivity contribution in [1.29, 1.82) is 0 Å². The van der Waals surface area contributed by atoms with Crippen LogP contribution in [0.4, 0.5) is 0 Å². The summed E-state index contributed by atoms with van der Waals surface area (Å²) >= 11 is 6.42. The summed E-state index contributed by atoms with van der Waals surface area (Å²) in [7, 11) is 0. The molecule has 2 aromatic heterocycles. The van der Waals surface area contributed by atoms with E-state index < -0.39 is 0 Å². The molecule has 2 heterocycles. The lowest BCUT2D eigenvalue weighted by molar-refractivity contribution is 0.0955. The van der Waals surface area contributed by atoms with Crippen LogP contribution in [0.3, 0.4) is 0 Å². The maximum Gasteiger partial charge on any atom is 0.272 e. The van der Waals surface area contributed by atoms with Gasteiger partial charge in [0.25, 0.3) is 5.91 Å². The van der Waals surface area contributed by atoms with Gasteiger partial charge >= 0.3 is 0 Å². The number of pyridine rings is 1. The van der Waals surface area contributed by atoms with Gasteiger partial charge in [0.15, 0.2) is 0 Å². The first-order valence-corrected chi connectivity index (χ1v) is 7.99. The number of hydrogen-bond donors (Lipinski definition) is 1. The van der Waals surface area contributed by atoms with Crippen molar-refractivity contribution in [1.82, 2.24) is 20.2 Å². The molecule has 126 valence electrons. The zero-order valence-electron chi connectivity index (χ0n) is 13.8. The van der Waals surface area contributed by atoms with E-state index in [1.165, 1.54) is 12.4 Å². The van der Waals surface area contributed by atoms with Gasteiger partial charge in [-0.1, -0.05) is 29.3 Å². The van der Waals surface area contributed by atoms with Gasteiger partial charge in [0, 0.05) is 12.4 Å². The average molecular weight is 354 g/mol. The summed E-state index contributed by atoms with van der Waals surface area (Å²) < 4.78 is 1.64. The van der Waals surface area contributed by atoms with Gasteiger partial charge in [-0.15, -0.1) is 0 Å². The van der Waals surface area contributed by atoms with Gasteiger partial charge in [-0.3, -0.25) is 9.78 Å². The molecule has 0 bridgehead atoms. The lowest BCUT2D eigenvalue weighted by Gasteiger charge is -2.03. The minimum Gasteiger partial charge on any atom is -0.267 e. The molecule has 25 heavy (non-hydrogen) atoms. The van der Waals surface area contributed by atoms with E-state index in [9.17, 15) is 4.79 Å². The molecule has 0 saturated heterocycles. The first kappa shape index (κ1) is 16.9. The Morgan fingerprint density at radius 1 is 1.24 bits per heavy atom. The van der Waals surface area contributed by atoms with Crippen LogP contribution in [0.15, 0.2) is 53.9 Å². The predicted molar refractivity (Wildman–Crippen MR) is 97.3 cm³/mol. The van der Waals surface area contributed by atoms with E-state index >= 15 is 0 Å². The van der Waals surface area contributed by atoms with Crippen LogP contribution in [0.1, 0.15) is 27.2 Å². The number of aryl methyl sites for hydroxylation is 2. The number of aromatic nitrogens is 3. The van der Waals surface area contributed by atoms with Crippen molar-refractivity contribution < 1.29 is 4.79 Å². The minimum atomic E-state index is -0.343. The van der Waals surface area contributed by atoms with Crippen LogP contribution < -0.4 is 5.43 Å². The molecule has 0 spiro atoms. The molecular formula is C18H16ClN5O. The number of carbonyl (C=O) groups is 1. The standard InChI is InChI=1S/C18H16ClN5O/c1-12-5-7-15(8-6-12)24-17(19)16(13(2)23-24)11-21-22-18(25)14-4-3-9-20-10-14/h3-11H,1-2H3,(H,22,25)/b21-11+. The number of amides is 1. The topological polar surface area (TPSA) is 72.2 Å². The number of nitrogens with zero attached hydrogens (tertiary/aromatic N) is 4. The average Bonchev–Trinajstić information content (AvgIpc) is 2.91. The molecule has 0 atom stereocenters. The van der Waals surface area contributed by atoms with Crippen LogP contribution in [0.2, 0.25) is 5.15 Å². The monoisotopic (exact) mass is 353 g/mol. The van der Waals surface area contributed by atoms with E-state index in [2.05, 4.69) is 20.6 Å². The first-order chi connectivity index (χ1) is 12.1. The highest BCUT2D eigenvalue weighted by molar-refractivity contribution is 6.32. The van der Waals surface area contributed by atoms with Gasteiger partial charge in [-0.25, -0.2) is 10.1 Å². The third-order valence-corrected chi connectivity index (χ3v) is 3.97. The van der Waals surface area contributed by atoms with Crippen LogP contribution in [0.25, 0.3) is 5.69 Å². The molecule has 0 aliphatic heterocycles. The van der Waals surface area contributed by atoms with E-state index in [1.54, 1.807) is 23.0 Å². The fourth-order valence-electron chi connectivity index (χ4n) is 2.23. The van der Waals surface area contributed by atoms with Crippen LogP contribution >= 0.6 is 11.6 Å². The largest absolute Gasteiger partial charge is 0.272 e. The van der Waals surface area contributed by atoms with Crippen molar-refractivity contribution in [3.8, 4) is 5.69 Å².